The van der Waals surface area contributed by atoms with E-state index in [4.69, 9.17) is 4.52 Å². The van der Waals surface area contributed by atoms with E-state index in [-0.39, 0.29) is 6.04 Å². The summed E-state index contributed by atoms with van der Waals surface area (Å²) in [5.74, 6) is 2.27. The molecule has 0 radical (unpaired) electrons. The molecule has 1 saturated carbocycles. The minimum atomic E-state index is -0.440. The minimum absolute atomic E-state index is 0.0274. The zero-order valence-corrected chi connectivity index (χ0v) is 13.8. The third-order valence-corrected chi connectivity index (χ3v) is 4.22. The van der Waals surface area contributed by atoms with E-state index in [0.717, 1.165) is 24.2 Å². The monoisotopic (exact) mass is 315 g/mol. The van der Waals surface area contributed by atoms with Crippen LogP contribution in [-0.2, 0) is 6.42 Å². The van der Waals surface area contributed by atoms with Gasteiger partial charge < -0.3 is 14.9 Å². The number of benzene rings is 1. The van der Waals surface area contributed by atoms with Crippen molar-refractivity contribution < 1.29 is 9.63 Å². The van der Waals surface area contributed by atoms with E-state index in [1.54, 1.807) is 0 Å². The Morgan fingerprint density at radius 3 is 2.65 bits per heavy atom. The molecule has 1 heterocycles. The summed E-state index contributed by atoms with van der Waals surface area (Å²) in [6.45, 7) is 4.73. The van der Waals surface area contributed by atoms with Crippen LogP contribution in [0.4, 0.5) is 0 Å². The van der Waals surface area contributed by atoms with Crippen LogP contribution in [0.3, 0.4) is 0 Å². The van der Waals surface area contributed by atoms with Gasteiger partial charge in [0.15, 0.2) is 5.82 Å². The summed E-state index contributed by atoms with van der Waals surface area (Å²) in [5, 5.41) is 17.7. The second kappa shape index (κ2) is 7.23. The molecule has 1 fully saturated rings. The lowest BCUT2D eigenvalue weighted by molar-refractivity contribution is 0.158. The lowest BCUT2D eigenvalue weighted by Crippen LogP contribution is -2.34. The summed E-state index contributed by atoms with van der Waals surface area (Å²) in [6.07, 6.45) is 2.52. The normalized spacial score (nSPS) is 17.4. The summed E-state index contributed by atoms with van der Waals surface area (Å²) >= 11 is 0. The van der Waals surface area contributed by atoms with Gasteiger partial charge in [0.05, 0.1) is 12.1 Å². The summed E-state index contributed by atoms with van der Waals surface area (Å²) < 4.78 is 5.43. The Balaban J connectivity index is 1.56. The van der Waals surface area contributed by atoms with Crippen LogP contribution in [0.25, 0.3) is 0 Å². The van der Waals surface area contributed by atoms with Gasteiger partial charge in [-0.2, -0.15) is 4.98 Å². The second-order valence-electron chi connectivity index (χ2n) is 6.74. The Morgan fingerprint density at radius 1 is 1.26 bits per heavy atom. The number of rotatable bonds is 8. The predicted molar refractivity (Wildman–Crippen MR) is 88.0 cm³/mol. The van der Waals surface area contributed by atoms with Crippen LogP contribution in [-0.4, -0.2) is 27.9 Å². The van der Waals surface area contributed by atoms with Crippen LogP contribution in [0.1, 0.15) is 55.9 Å². The summed E-state index contributed by atoms with van der Waals surface area (Å²) in [4.78, 5) is 4.53. The van der Waals surface area contributed by atoms with Crippen molar-refractivity contribution in [1.82, 2.24) is 15.5 Å². The first-order chi connectivity index (χ1) is 11.1. The number of nitrogens with one attached hydrogen (secondary N) is 1. The Morgan fingerprint density at radius 2 is 2.00 bits per heavy atom. The Labute approximate surface area is 137 Å². The lowest BCUT2D eigenvalue weighted by Gasteiger charge is -2.20. The van der Waals surface area contributed by atoms with Crippen LogP contribution in [0.5, 0.6) is 0 Å². The molecule has 3 rings (SSSR count). The third-order valence-electron chi connectivity index (χ3n) is 4.22. The van der Waals surface area contributed by atoms with E-state index in [0.29, 0.717) is 30.7 Å². The third kappa shape index (κ3) is 4.39. The highest BCUT2D eigenvalue weighted by Crippen LogP contribution is 2.38. The SMILES string of the molecule is CC(C)C(NCC(O)Cc1ccccc1)c1nc(C2CC2)no1. The zero-order chi connectivity index (χ0) is 16.2. The molecule has 1 aliphatic rings. The molecule has 2 N–H and O–H groups in total. The van der Waals surface area contributed by atoms with Crippen molar-refractivity contribution in [1.29, 1.82) is 0 Å². The van der Waals surface area contributed by atoms with Crippen LogP contribution < -0.4 is 5.32 Å². The highest BCUT2D eigenvalue weighted by molar-refractivity contribution is 5.15. The van der Waals surface area contributed by atoms with Crippen molar-refractivity contribution in [2.45, 2.75) is 51.2 Å². The number of nitrogens with zero attached hydrogens (tertiary/aromatic N) is 2. The number of hydrogen-bond acceptors (Lipinski definition) is 5. The molecule has 0 aliphatic heterocycles. The predicted octanol–water partition coefficient (Wildman–Crippen LogP) is 2.84. The molecule has 1 aliphatic carbocycles. The molecule has 1 aromatic carbocycles. The number of hydrogen-bond donors (Lipinski definition) is 2. The largest absolute Gasteiger partial charge is 0.391 e. The maximum Gasteiger partial charge on any atom is 0.244 e. The molecule has 0 bridgehead atoms. The molecule has 2 atom stereocenters. The molecular weight excluding hydrogens is 290 g/mol. The van der Waals surface area contributed by atoms with Gasteiger partial charge in [0, 0.05) is 12.5 Å². The second-order valence-corrected chi connectivity index (χ2v) is 6.74. The Hall–Kier alpha value is -1.72. The van der Waals surface area contributed by atoms with Crippen LogP contribution >= 0.6 is 0 Å². The lowest BCUT2D eigenvalue weighted by atomic mass is 10.0. The van der Waals surface area contributed by atoms with Gasteiger partial charge in [-0.25, -0.2) is 0 Å². The molecule has 0 saturated heterocycles. The van der Waals surface area contributed by atoms with Gasteiger partial charge >= 0.3 is 0 Å². The van der Waals surface area contributed by atoms with Crippen LogP contribution in [0.2, 0.25) is 0 Å². The zero-order valence-electron chi connectivity index (χ0n) is 13.8. The van der Waals surface area contributed by atoms with Gasteiger partial charge in [-0.05, 0) is 30.7 Å². The number of aromatic nitrogens is 2. The highest BCUT2D eigenvalue weighted by Gasteiger charge is 2.31. The van der Waals surface area contributed by atoms with E-state index < -0.39 is 6.10 Å². The van der Waals surface area contributed by atoms with Gasteiger partial charge in [0.2, 0.25) is 5.89 Å². The first kappa shape index (κ1) is 16.1. The number of aliphatic hydroxyl groups is 1. The molecule has 2 aromatic rings. The molecule has 23 heavy (non-hydrogen) atoms. The average molecular weight is 315 g/mol. The molecule has 2 unspecified atom stereocenters. The molecule has 5 heteroatoms. The van der Waals surface area contributed by atoms with Gasteiger partial charge in [-0.3, -0.25) is 0 Å². The van der Waals surface area contributed by atoms with Crippen molar-refractivity contribution in [3.05, 3.63) is 47.6 Å². The van der Waals surface area contributed by atoms with Crippen molar-refractivity contribution >= 4 is 0 Å². The van der Waals surface area contributed by atoms with Gasteiger partial charge in [-0.1, -0.05) is 49.3 Å². The maximum atomic E-state index is 10.3. The quantitative estimate of drug-likeness (QED) is 0.784. The van der Waals surface area contributed by atoms with E-state index in [2.05, 4.69) is 29.3 Å². The van der Waals surface area contributed by atoms with Crippen molar-refractivity contribution in [3.63, 3.8) is 0 Å². The maximum absolute atomic E-state index is 10.3. The summed E-state index contributed by atoms with van der Waals surface area (Å²) in [7, 11) is 0. The molecule has 5 nitrogen and oxygen atoms in total. The van der Waals surface area contributed by atoms with E-state index in [1.165, 1.54) is 0 Å². The van der Waals surface area contributed by atoms with Gasteiger partial charge in [-0.15, -0.1) is 0 Å². The summed E-state index contributed by atoms with van der Waals surface area (Å²) in [6, 6.07) is 10.00. The van der Waals surface area contributed by atoms with E-state index in [9.17, 15) is 5.11 Å². The first-order valence-electron chi connectivity index (χ1n) is 8.42. The molecular formula is C18H25N3O2. The van der Waals surface area contributed by atoms with Crippen molar-refractivity contribution in [2.75, 3.05) is 6.54 Å². The van der Waals surface area contributed by atoms with E-state index >= 15 is 0 Å². The number of aliphatic hydroxyl groups excluding tert-OH is 1. The van der Waals surface area contributed by atoms with Crippen LogP contribution in [0.15, 0.2) is 34.9 Å². The van der Waals surface area contributed by atoms with Crippen molar-refractivity contribution in [3.8, 4) is 0 Å². The fraction of sp³-hybridized carbons (Fsp3) is 0.556. The molecule has 124 valence electrons. The van der Waals surface area contributed by atoms with E-state index in [1.807, 2.05) is 30.3 Å². The Kier molecular flexibility index (Phi) is 5.08. The fourth-order valence-electron chi connectivity index (χ4n) is 2.71. The average Bonchev–Trinajstić information content (AvgIpc) is 3.27. The highest BCUT2D eigenvalue weighted by atomic mass is 16.5. The van der Waals surface area contributed by atoms with Crippen LogP contribution in [0, 0.1) is 5.92 Å². The van der Waals surface area contributed by atoms with Crippen molar-refractivity contribution in [2.24, 2.45) is 5.92 Å². The topological polar surface area (TPSA) is 71.2 Å². The minimum Gasteiger partial charge on any atom is -0.391 e. The Bertz CT molecular complexity index is 608. The van der Waals surface area contributed by atoms with Gasteiger partial charge in [0.25, 0.3) is 0 Å². The van der Waals surface area contributed by atoms with Gasteiger partial charge in [0.1, 0.15) is 0 Å². The first-order valence-corrected chi connectivity index (χ1v) is 8.42. The molecule has 1 aromatic heterocycles. The fourth-order valence-corrected chi connectivity index (χ4v) is 2.71. The summed E-state index contributed by atoms with van der Waals surface area (Å²) in [5.41, 5.74) is 1.14. The smallest absolute Gasteiger partial charge is 0.244 e. The molecule has 0 amide bonds. The molecule has 0 spiro atoms. The standard InChI is InChI=1S/C18H25N3O2/c1-12(2)16(18-20-17(21-23-18)14-8-9-14)19-11-15(22)10-13-6-4-3-5-7-13/h3-7,12,14-16,19,22H,8-11H2,1-2H3.